The van der Waals surface area contributed by atoms with Gasteiger partial charge in [-0.1, -0.05) is 23.2 Å². The lowest BCUT2D eigenvalue weighted by atomic mass is 10.3. The third-order valence-electron chi connectivity index (χ3n) is 2.20. The standard InChI is InChI=1S/C12H10Cl2N2O/c13-10-4-3-9(7-11(10)14)15-12(17)8-16-5-1-2-6-16/h1-7H,8H2,(H,15,17). The van der Waals surface area contributed by atoms with Gasteiger partial charge in [-0.3, -0.25) is 4.79 Å². The molecule has 0 aliphatic carbocycles. The Balaban J connectivity index is 2.00. The lowest BCUT2D eigenvalue weighted by Crippen LogP contribution is -2.17. The van der Waals surface area contributed by atoms with Crippen molar-refractivity contribution in [2.45, 2.75) is 6.54 Å². The first-order valence-electron chi connectivity index (χ1n) is 5.01. The van der Waals surface area contributed by atoms with E-state index in [0.29, 0.717) is 15.7 Å². The van der Waals surface area contributed by atoms with Crippen LogP contribution in [0.5, 0.6) is 0 Å². The summed E-state index contributed by atoms with van der Waals surface area (Å²) < 4.78 is 1.78. The molecule has 0 unspecified atom stereocenters. The van der Waals surface area contributed by atoms with Crippen LogP contribution in [0.2, 0.25) is 10.0 Å². The lowest BCUT2D eigenvalue weighted by molar-refractivity contribution is -0.116. The van der Waals surface area contributed by atoms with Crippen LogP contribution in [-0.2, 0) is 11.3 Å². The van der Waals surface area contributed by atoms with E-state index in [1.54, 1.807) is 22.8 Å². The Morgan fingerprint density at radius 3 is 2.53 bits per heavy atom. The minimum Gasteiger partial charge on any atom is -0.345 e. The van der Waals surface area contributed by atoms with Gasteiger partial charge in [-0.2, -0.15) is 0 Å². The SMILES string of the molecule is O=C(Cn1cccc1)Nc1ccc(Cl)c(Cl)c1. The molecule has 0 saturated carbocycles. The van der Waals surface area contributed by atoms with Crippen LogP contribution < -0.4 is 5.32 Å². The Kier molecular flexibility index (Phi) is 3.71. The molecule has 2 aromatic rings. The van der Waals surface area contributed by atoms with E-state index in [2.05, 4.69) is 5.32 Å². The van der Waals surface area contributed by atoms with Gasteiger partial charge in [0.2, 0.25) is 5.91 Å². The highest BCUT2D eigenvalue weighted by Crippen LogP contribution is 2.24. The number of halogens is 2. The van der Waals surface area contributed by atoms with Crippen molar-refractivity contribution in [2.75, 3.05) is 5.32 Å². The number of hydrogen-bond donors (Lipinski definition) is 1. The Bertz CT molecular complexity index is 523. The molecule has 0 saturated heterocycles. The van der Waals surface area contributed by atoms with Crippen LogP contribution in [-0.4, -0.2) is 10.5 Å². The first kappa shape index (κ1) is 12.0. The molecule has 2 rings (SSSR count). The number of nitrogens with one attached hydrogen (secondary N) is 1. The van der Waals surface area contributed by atoms with Gasteiger partial charge >= 0.3 is 0 Å². The van der Waals surface area contributed by atoms with E-state index in [9.17, 15) is 4.79 Å². The zero-order valence-corrected chi connectivity index (χ0v) is 10.4. The maximum atomic E-state index is 11.7. The predicted octanol–water partition coefficient (Wildman–Crippen LogP) is 3.43. The van der Waals surface area contributed by atoms with Crippen molar-refractivity contribution in [3.63, 3.8) is 0 Å². The van der Waals surface area contributed by atoms with Crippen molar-refractivity contribution in [3.05, 3.63) is 52.8 Å². The molecule has 1 aromatic carbocycles. The van der Waals surface area contributed by atoms with Gasteiger partial charge in [0.15, 0.2) is 0 Å². The number of carbonyl (C=O) groups is 1. The first-order valence-corrected chi connectivity index (χ1v) is 5.76. The minimum absolute atomic E-state index is 0.111. The van der Waals surface area contributed by atoms with E-state index >= 15 is 0 Å². The Morgan fingerprint density at radius 2 is 1.88 bits per heavy atom. The molecule has 88 valence electrons. The fourth-order valence-corrected chi connectivity index (χ4v) is 1.71. The predicted molar refractivity (Wildman–Crippen MR) is 69.5 cm³/mol. The fraction of sp³-hybridized carbons (Fsp3) is 0.0833. The van der Waals surface area contributed by atoms with E-state index < -0.39 is 0 Å². The van der Waals surface area contributed by atoms with Gasteiger partial charge < -0.3 is 9.88 Å². The normalized spacial score (nSPS) is 10.2. The average molecular weight is 269 g/mol. The van der Waals surface area contributed by atoms with Gasteiger partial charge in [0.1, 0.15) is 6.54 Å². The molecular weight excluding hydrogens is 259 g/mol. The summed E-state index contributed by atoms with van der Waals surface area (Å²) in [7, 11) is 0. The van der Waals surface area contributed by atoms with Crippen LogP contribution in [0.3, 0.4) is 0 Å². The molecule has 0 aliphatic heterocycles. The highest BCUT2D eigenvalue weighted by Gasteiger charge is 2.04. The second kappa shape index (κ2) is 5.25. The Morgan fingerprint density at radius 1 is 1.18 bits per heavy atom. The van der Waals surface area contributed by atoms with Gasteiger partial charge in [0.25, 0.3) is 0 Å². The lowest BCUT2D eigenvalue weighted by Gasteiger charge is -2.07. The third kappa shape index (κ3) is 3.25. The largest absolute Gasteiger partial charge is 0.345 e. The number of aromatic nitrogens is 1. The van der Waals surface area contributed by atoms with E-state index in [-0.39, 0.29) is 12.5 Å². The minimum atomic E-state index is -0.111. The van der Waals surface area contributed by atoms with Crippen LogP contribution in [0.4, 0.5) is 5.69 Å². The summed E-state index contributed by atoms with van der Waals surface area (Å²) in [5.41, 5.74) is 0.636. The van der Waals surface area contributed by atoms with Crippen LogP contribution in [0, 0.1) is 0 Å². The summed E-state index contributed by atoms with van der Waals surface area (Å²) in [4.78, 5) is 11.7. The summed E-state index contributed by atoms with van der Waals surface area (Å²) in [5, 5.41) is 3.63. The van der Waals surface area contributed by atoms with Gasteiger partial charge in [0.05, 0.1) is 10.0 Å². The van der Waals surface area contributed by atoms with Crippen molar-refractivity contribution in [1.29, 1.82) is 0 Å². The number of carbonyl (C=O) groups excluding carboxylic acids is 1. The second-order valence-corrected chi connectivity index (χ2v) is 4.35. The molecule has 0 aliphatic rings. The highest BCUT2D eigenvalue weighted by atomic mass is 35.5. The molecule has 1 aromatic heterocycles. The van der Waals surface area contributed by atoms with Crippen LogP contribution >= 0.6 is 23.2 Å². The van der Waals surface area contributed by atoms with Gasteiger partial charge in [-0.15, -0.1) is 0 Å². The molecule has 0 spiro atoms. The number of nitrogens with zero attached hydrogens (tertiary/aromatic N) is 1. The molecule has 1 N–H and O–H groups in total. The number of hydrogen-bond acceptors (Lipinski definition) is 1. The molecule has 0 fully saturated rings. The average Bonchev–Trinajstić information content (AvgIpc) is 2.76. The third-order valence-corrected chi connectivity index (χ3v) is 2.93. The monoisotopic (exact) mass is 268 g/mol. The van der Waals surface area contributed by atoms with Crippen molar-refractivity contribution in [3.8, 4) is 0 Å². The molecule has 3 nitrogen and oxygen atoms in total. The number of benzene rings is 1. The molecule has 0 atom stereocenters. The molecule has 1 amide bonds. The van der Waals surface area contributed by atoms with Crippen molar-refractivity contribution < 1.29 is 4.79 Å². The molecule has 1 heterocycles. The van der Waals surface area contributed by atoms with Crippen LogP contribution in [0.25, 0.3) is 0 Å². The Labute approximate surface area is 109 Å². The van der Waals surface area contributed by atoms with Gasteiger partial charge in [0, 0.05) is 18.1 Å². The zero-order chi connectivity index (χ0) is 12.3. The maximum Gasteiger partial charge on any atom is 0.244 e. The Hall–Kier alpha value is -1.45. The molecular formula is C12H10Cl2N2O. The maximum absolute atomic E-state index is 11.7. The summed E-state index contributed by atoms with van der Waals surface area (Å²) in [6.07, 6.45) is 3.66. The number of anilines is 1. The van der Waals surface area contributed by atoms with E-state index in [1.165, 1.54) is 0 Å². The smallest absolute Gasteiger partial charge is 0.244 e. The summed E-state index contributed by atoms with van der Waals surface area (Å²) in [5.74, 6) is -0.111. The van der Waals surface area contributed by atoms with Crippen molar-refractivity contribution in [1.82, 2.24) is 4.57 Å². The van der Waals surface area contributed by atoms with Crippen molar-refractivity contribution in [2.24, 2.45) is 0 Å². The summed E-state index contributed by atoms with van der Waals surface area (Å²) in [6, 6.07) is 8.72. The number of amides is 1. The second-order valence-electron chi connectivity index (χ2n) is 3.53. The van der Waals surface area contributed by atoms with Crippen LogP contribution in [0.1, 0.15) is 0 Å². The first-order chi connectivity index (χ1) is 8.15. The summed E-state index contributed by atoms with van der Waals surface area (Å²) in [6.45, 7) is 0.271. The zero-order valence-electron chi connectivity index (χ0n) is 8.86. The fourth-order valence-electron chi connectivity index (χ4n) is 1.42. The molecule has 5 heteroatoms. The van der Waals surface area contributed by atoms with Crippen molar-refractivity contribution >= 4 is 34.8 Å². The van der Waals surface area contributed by atoms with E-state index in [4.69, 9.17) is 23.2 Å². The number of rotatable bonds is 3. The van der Waals surface area contributed by atoms with E-state index in [1.807, 2.05) is 24.5 Å². The molecule has 17 heavy (non-hydrogen) atoms. The quantitative estimate of drug-likeness (QED) is 0.909. The van der Waals surface area contributed by atoms with Crippen LogP contribution in [0.15, 0.2) is 42.7 Å². The van der Waals surface area contributed by atoms with Gasteiger partial charge in [-0.05, 0) is 30.3 Å². The topological polar surface area (TPSA) is 34.0 Å². The van der Waals surface area contributed by atoms with Gasteiger partial charge in [-0.25, -0.2) is 0 Å². The van der Waals surface area contributed by atoms with E-state index in [0.717, 1.165) is 0 Å². The highest BCUT2D eigenvalue weighted by molar-refractivity contribution is 6.42. The summed E-state index contributed by atoms with van der Waals surface area (Å²) >= 11 is 11.6. The molecule has 0 bridgehead atoms. The molecule has 0 radical (unpaired) electrons.